The van der Waals surface area contributed by atoms with Gasteiger partial charge in [0.05, 0.1) is 6.61 Å². The van der Waals surface area contributed by atoms with Gasteiger partial charge in [-0.15, -0.1) is 0 Å². The molecule has 2 rings (SSSR count). The van der Waals surface area contributed by atoms with Crippen molar-refractivity contribution >= 4 is 11.6 Å². The summed E-state index contributed by atoms with van der Waals surface area (Å²) in [5.74, 6) is -0.00191. The highest BCUT2D eigenvalue weighted by Crippen LogP contribution is 2.17. The minimum Gasteiger partial charge on any atom is -0.399 e. The van der Waals surface area contributed by atoms with Crippen molar-refractivity contribution in [2.75, 3.05) is 18.9 Å². The summed E-state index contributed by atoms with van der Waals surface area (Å²) < 4.78 is 5.43. The predicted molar refractivity (Wildman–Crippen MR) is 80.4 cm³/mol. The van der Waals surface area contributed by atoms with E-state index in [0.29, 0.717) is 12.6 Å². The second kappa shape index (κ2) is 7.90. The highest BCUT2D eigenvalue weighted by Gasteiger charge is 2.15. The second-order valence-electron chi connectivity index (χ2n) is 5.40. The molecule has 0 saturated heterocycles. The minimum atomic E-state index is -0.00191. The number of carbonyl (C=O) groups is 1. The molecule has 1 aliphatic rings. The predicted octanol–water partition coefficient (Wildman–Crippen LogP) is 2.28. The number of hydrogen-bond acceptors (Lipinski definition) is 3. The Morgan fingerprint density at radius 3 is 2.75 bits per heavy atom. The number of nitrogens with one attached hydrogen (secondary N) is 1. The summed E-state index contributed by atoms with van der Waals surface area (Å²) in [6.45, 7) is 0.662. The van der Waals surface area contributed by atoms with E-state index in [9.17, 15) is 4.79 Å². The van der Waals surface area contributed by atoms with Crippen LogP contribution in [0.4, 0.5) is 5.69 Å². The average Bonchev–Trinajstić information content (AvgIpc) is 2.46. The van der Waals surface area contributed by atoms with E-state index in [1.165, 1.54) is 19.3 Å². The number of carbonyl (C=O) groups excluding carboxylic acids is 1. The number of para-hydroxylation sites is 1. The Balaban J connectivity index is 1.60. The van der Waals surface area contributed by atoms with Gasteiger partial charge in [-0.2, -0.15) is 0 Å². The largest absolute Gasteiger partial charge is 0.399 e. The molecule has 4 heteroatoms. The second-order valence-corrected chi connectivity index (χ2v) is 5.40. The van der Waals surface area contributed by atoms with E-state index in [0.717, 1.165) is 30.5 Å². The molecular formula is C16H24N2O2. The molecule has 0 aromatic heterocycles. The number of rotatable bonds is 6. The molecule has 4 nitrogen and oxygen atoms in total. The molecule has 20 heavy (non-hydrogen) atoms. The average molecular weight is 276 g/mol. The molecule has 1 aliphatic carbocycles. The highest BCUT2D eigenvalue weighted by molar-refractivity contribution is 5.77. The molecule has 1 aromatic rings. The normalized spacial score (nSPS) is 16.0. The Labute approximate surface area is 120 Å². The molecule has 1 fully saturated rings. The molecule has 0 radical (unpaired) electrons. The van der Waals surface area contributed by atoms with E-state index in [2.05, 4.69) is 5.32 Å². The number of nitrogens with two attached hydrogens (primary N) is 1. The van der Waals surface area contributed by atoms with E-state index >= 15 is 0 Å². The minimum absolute atomic E-state index is 0.00191. The van der Waals surface area contributed by atoms with Gasteiger partial charge in [0.25, 0.3) is 0 Å². The lowest BCUT2D eigenvalue weighted by molar-refractivity contribution is -0.126. The fraction of sp³-hybridized carbons (Fsp3) is 0.562. The third kappa shape index (κ3) is 4.85. The van der Waals surface area contributed by atoms with Gasteiger partial charge in [-0.05, 0) is 30.9 Å². The van der Waals surface area contributed by atoms with Crippen molar-refractivity contribution in [3.8, 4) is 0 Å². The molecule has 1 amide bonds. The maximum atomic E-state index is 11.7. The molecule has 0 aliphatic heterocycles. The Morgan fingerprint density at radius 2 is 2.00 bits per heavy atom. The van der Waals surface area contributed by atoms with Gasteiger partial charge in [-0.1, -0.05) is 37.5 Å². The first kappa shape index (κ1) is 14.9. The van der Waals surface area contributed by atoms with Crippen LogP contribution in [0.2, 0.25) is 0 Å². The first-order chi connectivity index (χ1) is 9.75. The molecular weight excluding hydrogens is 252 g/mol. The van der Waals surface area contributed by atoms with Crippen LogP contribution >= 0.6 is 0 Å². The summed E-state index contributed by atoms with van der Waals surface area (Å²) in [7, 11) is 0. The van der Waals surface area contributed by atoms with Crippen LogP contribution < -0.4 is 11.1 Å². The monoisotopic (exact) mass is 276 g/mol. The molecule has 1 saturated carbocycles. The maximum absolute atomic E-state index is 11.7. The lowest BCUT2D eigenvalue weighted by atomic mass is 9.95. The van der Waals surface area contributed by atoms with Crippen LogP contribution in [0, 0.1) is 0 Å². The van der Waals surface area contributed by atoms with Crippen LogP contribution in [0.5, 0.6) is 0 Å². The third-order valence-electron chi connectivity index (χ3n) is 3.77. The van der Waals surface area contributed by atoms with Gasteiger partial charge in [0, 0.05) is 11.7 Å². The van der Waals surface area contributed by atoms with Crippen LogP contribution in [0.15, 0.2) is 24.3 Å². The van der Waals surface area contributed by atoms with E-state index in [1.807, 2.05) is 24.3 Å². The topological polar surface area (TPSA) is 64.3 Å². The molecule has 0 spiro atoms. The van der Waals surface area contributed by atoms with E-state index < -0.39 is 0 Å². The van der Waals surface area contributed by atoms with Gasteiger partial charge in [0.2, 0.25) is 5.91 Å². The van der Waals surface area contributed by atoms with Crippen molar-refractivity contribution in [1.29, 1.82) is 0 Å². The summed E-state index contributed by atoms with van der Waals surface area (Å²) in [6.07, 6.45) is 6.68. The highest BCUT2D eigenvalue weighted by atomic mass is 16.5. The molecule has 110 valence electrons. The van der Waals surface area contributed by atoms with E-state index in [1.54, 1.807) is 0 Å². The summed E-state index contributed by atoms with van der Waals surface area (Å²) in [4.78, 5) is 11.7. The summed E-state index contributed by atoms with van der Waals surface area (Å²) in [5.41, 5.74) is 7.70. The molecule has 1 aromatic carbocycles. The van der Waals surface area contributed by atoms with Gasteiger partial charge in [0.15, 0.2) is 0 Å². The fourth-order valence-electron chi connectivity index (χ4n) is 2.63. The zero-order chi connectivity index (χ0) is 14.2. The summed E-state index contributed by atoms with van der Waals surface area (Å²) >= 11 is 0. The zero-order valence-corrected chi connectivity index (χ0v) is 11.9. The maximum Gasteiger partial charge on any atom is 0.246 e. The number of benzene rings is 1. The van der Waals surface area contributed by atoms with Crippen LogP contribution in [0.1, 0.15) is 37.7 Å². The molecule has 0 heterocycles. The molecule has 0 atom stereocenters. The van der Waals surface area contributed by atoms with E-state index in [-0.39, 0.29) is 12.5 Å². The van der Waals surface area contributed by atoms with Crippen LogP contribution in [0.25, 0.3) is 0 Å². The number of nitrogen functional groups attached to an aromatic ring is 1. The van der Waals surface area contributed by atoms with Gasteiger partial charge in [0.1, 0.15) is 6.61 Å². The van der Waals surface area contributed by atoms with Crippen LogP contribution in [-0.4, -0.2) is 25.2 Å². The lowest BCUT2D eigenvalue weighted by Crippen LogP contribution is -2.38. The van der Waals surface area contributed by atoms with Crippen molar-refractivity contribution in [3.63, 3.8) is 0 Å². The van der Waals surface area contributed by atoms with Crippen molar-refractivity contribution < 1.29 is 9.53 Å². The van der Waals surface area contributed by atoms with Gasteiger partial charge in [-0.25, -0.2) is 0 Å². The van der Waals surface area contributed by atoms with Crippen molar-refractivity contribution in [1.82, 2.24) is 5.32 Å². The quantitative estimate of drug-likeness (QED) is 0.619. The standard InChI is InChI=1S/C16H24N2O2/c17-15-9-5-4-6-13(15)10-11-20-12-16(19)18-14-7-2-1-3-8-14/h4-6,9,14H,1-3,7-8,10-12,17H2,(H,18,19). The Bertz CT molecular complexity index is 428. The fourth-order valence-corrected chi connectivity index (χ4v) is 2.63. The number of hydrogen-bond donors (Lipinski definition) is 2. The van der Waals surface area contributed by atoms with Gasteiger partial charge in [-0.3, -0.25) is 4.79 Å². The third-order valence-corrected chi connectivity index (χ3v) is 3.77. The van der Waals surface area contributed by atoms with Crippen molar-refractivity contribution in [2.45, 2.75) is 44.6 Å². The van der Waals surface area contributed by atoms with Crippen molar-refractivity contribution in [2.24, 2.45) is 0 Å². The van der Waals surface area contributed by atoms with E-state index in [4.69, 9.17) is 10.5 Å². The SMILES string of the molecule is Nc1ccccc1CCOCC(=O)NC1CCCCC1. The Morgan fingerprint density at radius 1 is 1.25 bits per heavy atom. The smallest absolute Gasteiger partial charge is 0.246 e. The van der Waals surface area contributed by atoms with Crippen LogP contribution in [-0.2, 0) is 16.0 Å². The molecule has 0 bridgehead atoms. The number of amides is 1. The lowest BCUT2D eigenvalue weighted by Gasteiger charge is -2.22. The Kier molecular flexibility index (Phi) is 5.87. The number of anilines is 1. The summed E-state index contributed by atoms with van der Waals surface area (Å²) in [5, 5.41) is 3.04. The molecule has 0 unspecified atom stereocenters. The number of ether oxygens (including phenoxy) is 1. The Hall–Kier alpha value is -1.55. The van der Waals surface area contributed by atoms with Crippen LogP contribution in [0.3, 0.4) is 0 Å². The molecule has 3 N–H and O–H groups in total. The first-order valence-corrected chi connectivity index (χ1v) is 7.46. The van der Waals surface area contributed by atoms with Gasteiger partial charge < -0.3 is 15.8 Å². The van der Waals surface area contributed by atoms with Crippen molar-refractivity contribution in [3.05, 3.63) is 29.8 Å². The first-order valence-electron chi connectivity index (χ1n) is 7.46. The summed E-state index contributed by atoms with van der Waals surface area (Å²) in [6, 6.07) is 8.09. The zero-order valence-electron chi connectivity index (χ0n) is 11.9. The van der Waals surface area contributed by atoms with Gasteiger partial charge >= 0.3 is 0 Å².